The maximum Gasteiger partial charge on any atom is 0.182 e. The van der Waals surface area contributed by atoms with Gasteiger partial charge in [0, 0.05) is 12.6 Å². The normalized spacial score (nSPS) is 11.3. The minimum Gasteiger partial charge on any atom is -0.497 e. The summed E-state index contributed by atoms with van der Waals surface area (Å²) in [6.45, 7) is 0. The summed E-state index contributed by atoms with van der Waals surface area (Å²) in [5, 5.41) is 9.55. The van der Waals surface area contributed by atoms with E-state index in [1.807, 2.05) is 31.3 Å². The van der Waals surface area contributed by atoms with Gasteiger partial charge in [0.1, 0.15) is 12.1 Å². The van der Waals surface area contributed by atoms with Crippen molar-refractivity contribution in [3.05, 3.63) is 36.8 Å². The first-order chi connectivity index (χ1) is 10.3. The van der Waals surface area contributed by atoms with Crippen LogP contribution in [0.3, 0.4) is 0 Å². The zero-order chi connectivity index (χ0) is 14.4. The summed E-state index contributed by atoms with van der Waals surface area (Å²) in [5.74, 6) is 1.41. The maximum atomic E-state index is 5.24. The van der Waals surface area contributed by atoms with Crippen molar-refractivity contribution in [1.29, 1.82) is 0 Å². The number of ether oxygens (including phenoxy) is 1. The maximum absolute atomic E-state index is 5.24. The van der Waals surface area contributed by atoms with Crippen molar-refractivity contribution in [2.24, 2.45) is 7.05 Å². The Bertz CT molecular complexity index is 955. The molecule has 4 aromatic rings. The number of benzene rings is 1. The van der Waals surface area contributed by atoms with Gasteiger partial charge in [-0.1, -0.05) is 12.1 Å². The highest BCUT2D eigenvalue weighted by Crippen LogP contribution is 2.23. The molecule has 104 valence electrons. The smallest absolute Gasteiger partial charge is 0.182 e. The van der Waals surface area contributed by atoms with Crippen LogP contribution in [0.1, 0.15) is 0 Å². The molecule has 0 spiro atoms. The zero-order valence-electron chi connectivity index (χ0n) is 11.6. The lowest BCUT2D eigenvalue weighted by Crippen LogP contribution is -1.94. The van der Waals surface area contributed by atoms with Gasteiger partial charge in [-0.15, -0.1) is 5.10 Å². The van der Waals surface area contributed by atoms with E-state index >= 15 is 0 Å². The van der Waals surface area contributed by atoms with Crippen molar-refractivity contribution in [2.45, 2.75) is 0 Å². The van der Waals surface area contributed by atoms with E-state index in [2.05, 4.69) is 20.2 Å². The van der Waals surface area contributed by atoms with Crippen molar-refractivity contribution in [3.63, 3.8) is 0 Å². The quantitative estimate of drug-likeness (QED) is 0.559. The van der Waals surface area contributed by atoms with Gasteiger partial charge in [0.25, 0.3) is 0 Å². The van der Waals surface area contributed by atoms with Gasteiger partial charge in [0.05, 0.1) is 18.7 Å². The Hall–Kier alpha value is -2.96. The lowest BCUT2D eigenvalue weighted by Gasteiger charge is -2.00. The van der Waals surface area contributed by atoms with Gasteiger partial charge < -0.3 is 4.74 Å². The van der Waals surface area contributed by atoms with Crippen LogP contribution >= 0.6 is 0 Å². The molecule has 1 aromatic carbocycles. The number of fused-ring (bicyclic) bond motifs is 3. The second kappa shape index (κ2) is 4.27. The third kappa shape index (κ3) is 1.74. The fourth-order valence-electron chi connectivity index (χ4n) is 2.32. The number of hydrogen-bond acceptors (Lipinski definition) is 5. The molecule has 0 radical (unpaired) electrons. The summed E-state index contributed by atoms with van der Waals surface area (Å²) in [6.07, 6.45) is 3.40. The molecule has 7 heteroatoms. The minimum atomic E-state index is 0.632. The highest BCUT2D eigenvalue weighted by molar-refractivity contribution is 5.89. The van der Waals surface area contributed by atoms with Crippen molar-refractivity contribution >= 4 is 16.7 Å². The van der Waals surface area contributed by atoms with Crippen LogP contribution in [0.4, 0.5) is 0 Å². The third-order valence-electron chi connectivity index (χ3n) is 3.40. The molecule has 0 saturated carbocycles. The van der Waals surface area contributed by atoms with Crippen LogP contribution in [-0.4, -0.2) is 36.5 Å². The molecular weight excluding hydrogens is 268 g/mol. The van der Waals surface area contributed by atoms with Crippen LogP contribution in [0.2, 0.25) is 0 Å². The number of nitrogens with zero attached hydrogens (tertiary/aromatic N) is 6. The predicted molar refractivity (Wildman–Crippen MR) is 77.0 cm³/mol. The van der Waals surface area contributed by atoms with Gasteiger partial charge in [0.2, 0.25) is 0 Å². The Morgan fingerprint density at radius 2 is 2.10 bits per heavy atom. The van der Waals surface area contributed by atoms with Crippen molar-refractivity contribution in [1.82, 2.24) is 29.4 Å². The van der Waals surface area contributed by atoms with Gasteiger partial charge in [-0.25, -0.2) is 14.5 Å². The summed E-state index contributed by atoms with van der Waals surface area (Å²) < 4.78 is 8.62. The zero-order valence-corrected chi connectivity index (χ0v) is 11.6. The van der Waals surface area contributed by atoms with Crippen molar-refractivity contribution in [2.75, 3.05) is 7.11 Å². The molecule has 0 aliphatic heterocycles. The summed E-state index contributed by atoms with van der Waals surface area (Å²) in [4.78, 5) is 8.95. The fourth-order valence-corrected chi connectivity index (χ4v) is 2.32. The number of aryl methyl sites for hydroxylation is 1. The first-order valence-corrected chi connectivity index (χ1v) is 6.44. The summed E-state index contributed by atoms with van der Waals surface area (Å²) in [5.41, 5.74) is 2.42. The Morgan fingerprint density at radius 3 is 2.95 bits per heavy atom. The summed E-state index contributed by atoms with van der Waals surface area (Å²) >= 11 is 0. The van der Waals surface area contributed by atoms with Gasteiger partial charge >= 0.3 is 0 Å². The first-order valence-electron chi connectivity index (χ1n) is 6.44. The predicted octanol–water partition coefficient (Wildman–Crippen LogP) is 1.69. The molecule has 7 nitrogen and oxygen atoms in total. The van der Waals surface area contributed by atoms with Crippen LogP contribution in [-0.2, 0) is 7.05 Å². The number of methoxy groups -OCH3 is 1. The third-order valence-corrected chi connectivity index (χ3v) is 3.40. The number of aromatic nitrogens is 6. The lowest BCUT2D eigenvalue weighted by atomic mass is 10.2. The van der Waals surface area contributed by atoms with E-state index in [1.165, 1.54) is 0 Å². The minimum absolute atomic E-state index is 0.632. The van der Waals surface area contributed by atoms with E-state index in [-0.39, 0.29) is 0 Å². The van der Waals surface area contributed by atoms with Gasteiger partial charge in [-0.3, -0.25) is 4.68 Å². The molecular formula is C14H12N6O. The largest absolute Gasteiger partial charge is 0.497 e. The molecule has 0 saturated heterocycles. The lowest BCUT2D eigenvalue weighted by molar-refractivity contribution is 0.415. The van der Waals surface area contributed by atoms with Crippen LogP contribution < -0.4 is 4.74 Å². The molecule has 0 N–H and O–H groups in total. The molecule has 0 aliphatic rings. The molecule has 0 fully saturated rings. The molecule has 0 atom stereocenters. The van der Waals surface area contributed by atoms with Crippen LogP contribution in [0.25, 0.3) is 28.1 Å². The molecule has 3 aromatic heterocycles. The fraction of sp³-hybridized carbons (Fsp3) is 0.143. The van der Waals surface area contributed by atoms with Crippen LogP contribution in [0.5, 0.6) is 5.75 Å². The van der Waals surface area contributed by atoms with E-state index in [0.717, 1.165) is 28.0 Å². The standard InChI is InChI=1S/C14H12N6O/c1-19-13-11(7-16-19)14-17-12(18-20(14)8-15-13)9-4-3-5-10(6-9)21-2/h3-8H,1-2H3. The Labute approximate surface area is 119 Å². The monoisotopic (exact) mass is 280 g/mol. The van der Waals surface area contributed by atoms with Crippen LogP contribution in [0, 0.1) is 0 Å². The van der Waals surface area contributed by atoms with Crippen LogP contribution in [0.15, 0.2) is 36.8 Å². The highest BCUT2D eigenvalue weighted by Gasteiger charge is 2.12. The van der Waals surface area contributed by atoms with Gasteiger partial charge in [0.15, 0.2) is 17.1 Å². The highest BCUT2D eigenvalue weighted by atomic mass is 16.5. The average molecular weight is 280 g/mol. The number of rotatable bonds is 2. The van der Waals surface area contributed by atoms with Gasteiger partial charge in [-0.2, -0.15) is 5.10 Å². The number of hydrogen-bond donors (Lipinski definition) is 0. The van der Waals surface area contributed by atoms with E-state index in [4.69, 9.17) is 4.74 Å². The van der Waals surface area contributed by atoms with E-state index in [9.17, 15) is 0 Å². The average Bonchev–Trinajstić information content (AvgIpc) is 3.11. The first kappa shape index (κ1) is 11.8. The molecule has 0 aliphatic carbocycles. The second-order valence-corrected chi connectivity index (χ2v) is 4.69. The van der Waals surface area contributed by atoms with Gasteiger partial charge in [-0.05, 0) is 12.1 Å². The topological polar surface area (TPSA) is 70.1 Å². The molecule has 0 bridgehead atoms. The Kier molecular flexibility index (Phi) is 2.41. The Balaban J connectivity index is 1.95. The Morgan fingerprint density at radius 1 is 1.19 bits per heavy atom. The van der Waals surface area contributed by atoms with E-state index in [0.29, 0.717) is 5.82 Å². The molecule has 0 amide bonds. The second-order valence-electron chi connectivity index (χ2n) is 4.69. The van der Waals surface area contributed by atoms with E-state index in [1.54, 1.807) is 28.8 Å². The molecule has 3 heterocycles. The van der Waals surface area contributed by atoms with E-state index < -0.39 is 0 Å². The van der Waals surface area contributed by atoms with Crippen molar-refractivity contribution in [3.8, 4) is 17.1 Å². The molecule has 4 rings (SSSR count). The summed E-state index contributed by atoms with van der Waals surface area (Å²) in [7, 11) is 3.49. The van der Waals surface area contributed by atoms with Crippen molar-refractivity contribution < 1.29 is 4.74 Å². The molecule has 21 heavy (non-hydrogen) atoms. The SMILES string of the molecule is COc1cccc(-c2nc3c4cnn(C)c4ncn3n2)c1. The molecule has 0 unspecified atom stereocenters. The summed E-state index contributed by atoms with van der Waals surface area (Å²) in [6, 6.07) is 7.66.